The molecule has 1 aromatic carbocycles. The van der Waals surface area contributed by atoms with Crippen LogP contribution in [0.1, 0.15) is 19.5 Å². The zero-order valence-electron chi connectivity index (χ0n) is 7.89. The van der Waals surface area contributed by atoms with E-state index in [-0.39, 0.29) is 0 Å². The van der Waals surface area contributed by atoms with Crippen molar-refractivity contribution in [1.29, 1.82) is 0 Å². The molecule has 1 heterocycles. The Kier molecular flexibility index (Phi) is 2.92. The van der Waals surface area contributed by atoms with Crippen LogP contribution < -0.4 is 0 Å². The molecule has 0 aliphatic rings. The number of H-pyrrole nitrogens is 1. The molecule has 0 amide bonds. The van der Waals surface area contributed by atoms with Gasteiger partial charge in [-0.3, -0.25) is 0 Å². The molecule has 0 unspecified atom stereocenters. The number of hydrogen-bond acceptors (Lipinski definition) is 0. The van der Waals surface area contributed by atoms with Crippen LogP contribution >= 0.6 is 0 Å². The lowest BCUT2D eigenvalue weighted by atomic mass is 10.2. The summed E-state index contributed by atoms with van der Waals surface area (Å²) in [5, 5.41) is 1.29. The van der Waals surface area contributed by atoms with Crippen LogP contribution in [-0.2, 0) is 0 Å². The molecule has 0 saturated heterocycles. The first-order valence-corrected chi connectivity index (χ1v) is 4.40. The van der Waals surface area contributed by atoms with Gasteiger partial charge in [0.2, 0.25) is 0 Å². The number of rotatable bonds is 0. The van der Waals surface area contributed by atoms with Gasteiger partial charge < -0.3 is 4.98 Å². The third kappa shape index (κ3) is 1.67. The summed E-state index contributed by atoms with van der Waals surface area (Å²) >= 11 is 0. The van der Waals surface area contributed by atoms with Crippen molar-refractivity contribution in [3.63, 3.8) is 0 Å². The molecule has 1 heteroatoms. The maximum Gasteiger partial charge on any atom is 0.0455 e. The van der Waals surface area contributed by atoms with Gasteiger partial charge in [0.15, 0.2) is 0 Å². The number of para-hydroxylation sites is 1. The van der Waals surface area contributed by atoms with E-state index in [9.17, 15) is 0 Å². The molecule has 2 aromatic rings. The summed E-state index contributed by atoms with van der Waals surface area (Å²) in [6.45, 7) is 6.07. The second kappa shape index (κ2) is 3.96. The number of fused-ring (bicyclic) bond motifs is 1. The number of aromatic nitrogens is 1. The van der Waals surface area contributed by atoms with Crippen LogP contribution in [0.15, 0.2) is 30.3 Å². The first kappa shape index (κ1) is 8.85. The molecule has 1 aromatic heterocycles. The minimum atomic E-state index is 1.22. The number of hydrogen-bond donors (Lipinski definition) is 1. The molecule has 12 heavy (non-hydrogen) atoms. The van der Waals surface area contributed by atoms with E-state index in [0.29, 0.717) is 0 Å². The highest BCUT2D eigenvalue weighted by Gasteiger charge is 1.92. The first-order chi connectivity index (χ1) is 5.86. The van der Waals surface area contributed by atoms with Crippen molar-refractivity contribution in [2.24, 2.45) is 0 Å². The van der Waals surface area contributed by atoms with Gasteiger partial charge in [0.1, 0.15) is 0 Å². The van der Waals surface area contributed by atoms with Crippen molar-refractivity contribution in [3.8, 4) is 0 Å². The Balaban J connectivity index is 0.000000336. The Labute approximate surface area is 73.4 Å². The fourth-order valence-corrected chi connectivity index (χ4v) is 1.22. The third-order valence-electron chi connectivity index (χ3n) is 1.66. The van der Waals surface area contributed by atoms with Gasteiger partial charge in [0, 0.05) is 11.2 Å². The SMILES string of the molecule is CC.Cc1cc2ccccc2[nH]1. The zero-order chi connectivity index (χ0) is 8.97. The maximum absolute atomic E-state index is 3.26. The Bertz CT molecular complexity index is 314. The van der Waals surface area contributed by atoms with Crippen molar-refractivity contribution in [3.05, 3.63) is 36.0 Å². The average Bonchev–Trinajstić information content (AvgIpc) is 2.48. The molecule has 0 saturated carbocycles. The fourth-order valence-electron chi connectivity index (χ4n) is 1.22. The van der Waals surface area contributed by atoms with Crippen LogP contribution in [-0.4, -0.2) is 4.98 Å². The summed E-state index contributed by atoms with van der Waals surface area (Å²) in [5.74, 6) is 0. The highest BCUT2D eigenvalue weighted by Crippen LogP contribution is 2.12. The van der Waals surface area contributed by atoms with E-state index in [4.69, 9.17) is 0 Å². The molecule has 2 rings (SSSR count). The molecule has 0 atom stereocenters. The predicted molar refractivity (Wildman–Crippen MR) is 54.4 cm³/mol. The Morgan fingerprint density at radius 3 is 2.42 bits per heavy atom. The van der Waals surface area contributed by atoms with Gasteiger partial charge in [-0.2, -0.15) is 0 Å². The minimum absolute atomic E-state index is 1.22. The minimum Gasteiger partial charge on any atom is -0.359 e. The normalized spacial score (nSPS) is 9.25. The lowest BCUT2D eigenvalue weighted by molar-refractivity contribution is 1.30. The second-order valence-corrected chi connectivity index (χ2v) is 2.54. The van der Waals surface area contributed by atoms with Crippen molar-refractivity contribution in [2.75, 3.05) is 0 Å². The zero-order valence-corrected chi connectivity index (χ0v) is 7.89. The smallest absolute Gasteiger partial charge is 0.0455 e. The number of nitrogens with one attached hydrogen (secondary N) is 1. The summed E-state index contributed by atoms with van der Waals surface area (Å²) in [7, 11) is 0. The topological polar surface area (TPSA) is 15.8 Å². The Morgan fingerprint density at radius 2 is 1.75 bits per heavy atom. The molecule has 1 nitrogen and oxygen atoms in total. The van der Waals surface area contributed by atoms with Crippen LogP contribution in [0.4, 0.5) is 0 Å². The van der Waals surface area contributed by atoms with E-state index in [1.807, 2.05) is 19.9 Å². The molecule has 64 valence electrons. The van der Waals surface area contributed by atoms with E-state index in [1.165, 1.54) is 16.6 Å². The monoisotopic (exact) mass is 161 g/mol. The van der Waals surface area contributed by atoms with Gasteiger partial charge in [-0.15, -0.1) is 0 Å². The summed E-state index contributed by atoms with van der Waals surface area (Å²) in [6, 6.07) is 10.4. The molecule has 0 radical (unpaired) electrons. The molecule has 0 bridgehead atoms. The van der Waals surface area contributed by atoms with E-state index in [1.54, 1.807) is 0 Å². The van der Waals surface area contributed by atoms with E-state index >= 15 is 0 Å². The summed E-state index contributed by atoms with van der Waals surface area (Å²) in [4.78, 5) is 3.26. The van der Waals surface area contributed by atoms with Crippen LogP contribution in [0.3, 0.4) is 0 Å². The predicted octanol–water partition coefficient (Wildman–Crippen LogP) is 3.50. The largest absolute Gasteiger partial charge is 0.359 e. The number of aryl methyl sites for hydroxylation is 1. The second-order valence-electron chi connectivity index (χ2n) is 2.54. The molecule has 1 N–H and O–H groups in total. The van der Waals surface area contributed by atoms with Crippen LogP contribution in [0.25, 0.3) is 10.9 Å². The molecule has 0 fully saturated rings. The van der Waals surface area contributed by atoms with Crippen molar-refractivity contribution in [2.45, 2.75) is 20.8 Å². The van der Waals surface area contributed by atoms with Crippen molar-refractivity contribution < 1.29 is 0 Å². The van der Waals surface area contributed by atoms with Gasteiger partial charge in [0.05, 0.1) is 0 Å². The van der Waals surface area contributed by atoms with E-state index in [0.717, 1.165) is 0 Å². The van der Waals surface area contributed by atoms with Gasteiger partial charge in [-0.25, -0.2) is 0 Å². The van der Waals surface area contributed by atoms with Crippen LogP contribution in [0, 0.1) is 6.92 Å². The fraction of sp³-hybridized carbons (Fsp3) is 0.273. The van der Waals surface area contributed by atoms with Crippen LogP contribution in [0.5, 0.6) is 0 Å². The van der Waals surface area contributed by atoms with Crippen LogP contribution in [0.2, 0.25) is 0 Å². The highest BCUT2D eigenvalue weighted by molar-refractivity contribution is 5.79. The molecule has 0 spiro atoms. The van der Waals surface area contributed by atoms with E-state index < -0.39 is 0 Å². The highest BCUT2D eigenvalue weighted by atomic mass is 14.7. The molecule has 0 aliphatic heterocycles. The lowest BCUT2D eigenvalue weighted by Crippen LogP contribution is -1.65. The van der Waals surface area contributed by atoms with Gasteiger partial charge in [-0.1, -0.05) is 32.0 Å². The summed E-state index contributed by atoms with van der Waals surface area (Å²) in [6.07, 6.45) is 0. The number of benzene rings is 1. The Morgan fingerprint density at radius 1 is 1.08 bits per heavy atom. The molecular formula is C11H15N. The Hall–Kier alpha value is -1.24. The first-order valence-electron chi connectivity index (χ1n) is 4.40. The van der Waals surface area contributed by atoms with Gasteiger partial charge in [0.25, 0.3) is 0 Å². The van der Waals surface area contributed by atoms with Gasteiger partial charge >= 0.3 is 0 Å². The quantitative estimate of drug-likeness (QED) is 0.608. The summed E-state index contributed by atoms with van der Waals surface area (Å²) in [5.41, 5.74) is 2.45. The third-order valence-corrected chi connectivity index (χ3v) is 1.66. The van der Waals surface area contributed by atoms with Crippen molar-refractivity contribution >= 4 is 10.9 Å². The van der Waals surface area contributed by atoms with E-state index in [2.05, 4.69) is 36.2 Å². The standard InChI is InChI=1S/C9H9N.C2H6/c1-7-6-8-4-2-3-5-9(8)10-7;1-2/h2-6,10H,1H3;1-2H3. The molecule has 0 aliphatic carbocycles. The lowest BCUT2D eigenvalue weighted by Gasteiger charge is -1.83. The van der Waals surface area contributed by atoms with Gasteiger partial charge in [-0.05, 0) is 24.4 Å². The summed E-state index contributed by atoms with van der Waals surface area (Å²) < 4.78 is 0. The average molecular weight is 161 g/mol. The number of aromatic amines is 1. The molecular weight excluding hydrogens is 146 g/mol. The van der Waals surface area contributed by atoms with Crippen molar-refractivity contribution in [1.82, 2.24) is 4.98 Å². The maximum atomic E-state index is 3.26.